The van der Waals surface area contributed by atoms with Crippen molar-refractivity contribution >= 4 is 16.9 Å². The average molecular weight is 275 g/mol. The molecule has 1 heterocycles. The molecule has 0 saturated carbocycles. The molecule has 4 heteroatoms. The van der Waals surface area contributed by atoms with E-state index in [9.17, 15) is 9.90 Å². The number of carbonyl (C=O) groups is 1. The van der Waals surface area contributed by atoms with Gasteiger partial charge in [-0.15, -0.1) is 0 Å². The van der Waals surface area contributed by atoms with Crippen molar-refractivity contribution in [2.75, 3.05) is 0 Å². The summed E-state index contributed by atoms with van der Waals surface area (Å²) >= 11 is 0. The lowest BCUT2D eigenvalue weighted by Gasteiger charge is -2.16. The first-order chi connectivity index (χ1) is 9.27. The van der Waals surface area contributed by atoms with Crippen molar-refractivity contribution in [1.82, 2.24) is 4.57 Å². The van der Waals surface area contributed by atoms with E-state index in [0.717, 1.165) is 10.9 Å². The van der Waals surface area contributed by atoms with Crippen molar-refractivity contribution < 1.29 is 14.6 Å². The maximum Gasteiger partial charge on any atom is 0.316 e. The Balaban J connectivity index is 2.30. The molecule has 1 atom stereocenters. The van der Waals surface area contributed by atoms with Crippen molar-refractivity contribution in [3.63, 3.8) is 0 Å². The number of fused-ring (bicyclic) bond motifs is 1. The van der Waals surface area contributed by atoms with E-state index >= 15 is 0 Å². The molecule has 1 N–H and O–H groups in total. The second-order valence-electron chi connectivity index (χ2n) is 6.18. The second-order valence-corrected chi connectivity index (χ2v) is 6.18. The van der Waals surface area contributed by atoms with Gasteiger partial charge in [0.2, 0.25) is 0 Å². The zero-order valence-corrected chi connectivity index (χ0v) is 12.4. The van der Waals surface area contributed by atoms with Gasteiger partial charge in [0.15, 0.2) is 0 Å². The standard InChI is InChI=1S/C16H21NO3/c1-11(18)10-17-8-7-12-5-6-13(9-14(12)17)20-15(19)16(2,3)4/h5-9,11,18H,10H2,1-4H3. The van der Waals surface area contributed by atoms with Crippen LogP contribution in [0.3, 0.4) is 0 Å². The Morgan fingerprint density at radius 1 is 1.35 bits per heavy atom. The summed E-state index contributed by atoms with van der Waals surface area (Å²) in [5, 5.41) is 10.6. The number of aliphatic hydroxyl groups is 1. The highest BCUT2D eigenvalue weighted by atomic mass is 16.5. The van der Waals surface area contributed by atoms with E-state index in [1.807, 2.05) is 49.7 Å². The van der Waals surface area contributed by atoms with Gasteiger partial charge >= 0.3 is 5.97 Å². The van der Waals surface area contributed by atoms with Crippen LogP contribution < -0.4 is 4.74 Å². The van der Waals surface area contributed by atoms with Gasteiger partial charge in [0.05, 0.1) is 17.0 Å². The number of hydrogen-bond donors (Lipinski definition) is 1. The molecule has 0 spiro atoms. The van der Waals surface area contributed by atoms with Gasteiger partial charge < -0.3 is 14.4 Å². The average Bonchev–Trinajstić information content (AvgIpc) is 2.70. The van der Waals surface area contributed by atoms with Crippen LogP contribution in [-0.4, -0.2) is 21.7 Å². The van der Waals surface area contributed by atoms with Crippen molar-refractivity contribution in [1.29, 1.82) is 0 Å². The molecule has 108 valence electrons. The fourth-order valence-electron chi connectivity index (χ4n) is 1.93. The molecule has 1 unspecified atom stereocenters. The summed E-state index contributed by atoms with van der Waals surface area (Å²) in [6, 6.07) is 7.52. The van der Waals surface area contributed by atoms with Crippen molar-refractivity contribution in [2.24, 2.45) is 5.41 Å². The molecule has 0 aliphatic carbocycles. The molecule has 0 aliphatic heterocycles. The molecule has 20 heavy (non-hydrogen) atoms. The minimum Gasteiger partial charge on any atom is -0.426 e. The van der Waals surface area contributed by atoms with E-state index in [0.29, 0.717) is 12.3 Å². The zero-order chi connectivity index (χ0) is 14.9. The summed E-state index contributed by atoms with van der Waals surface area (Å²) in [5.41, 5.74) is 0.418. The van der Waals surface area contributed by atoms with Gasteiger partial charge in [-0.05, 0) is 51.3 Å². The SMILES string of the molecule is CC(O)Cn1ccc2ccc(OC(=O)C(C)(C)C)cc21. The highest BCUT2D eigenvalue weighted by Gasteiger charge is 2.23. The molecule has 0 saturated heterocycles. The molecule has 1 aromatic heterocycles. The van der Waals surface area contributed by atoms with Crippen molar-refractivity contribution in [3.05, 3.63) is 30.5 Å². The fraction of sp³-hybridized carbons (Fsp3) is 0.438. The number of carbonyl (C=O) groups excluding carboxylic acids is 1. The molecule has 4 nitrogen and oxygen atoms in total. The fourth-order valence-corrected chi connectivity index (χ4v) is 1.93. The minimum atomic E-state index is -0.531. The van der Waals surface area contributed by atoms with E-state index in [2.05, 4.69) is 0 Å². The molecule has 0 amide bonds. The molecule has 0 fully saturated rings. The molecule has 0 radical (unpaired) electrons. The Kier molecular flexibility index (Phi) is 3.86. The highest BCUT2D eigenvalue weighted by molar-refractivity contribution is 5.83. The molecule has 2 aromatic rings. The van der Waals surface area contributed by atoms with E-state index in [1.54, 1.807) is 13.0 Å². The molecule has 0 aliphatic rings. The van der Waals surface area contributed by atoms with Gasteiger partial charge in [0.1, 0.15) is 5.75 Å². The lowest BCUT2D eigenvalue weighted by Crippen LogP contribution is -2.25. The van der Waals surface area contributed by atoms with E-state index in [4.69, 9.17) is 4.74 Å². The topological polar surface area (TPSA) is 51.5 Å². The summed E-state index contributed by atoms with van der Waals surface area (Å²) in [6.45, 7) is 7.73. The third-order valence-corrected chi connectivity index (χ3v) is 3.03. The van der Waals surface area contributed by atoms with Crippen LogP contribution in [0.25, 0.3) is 10.9 Å². The predicted molar refractivity (Wildman–Crippen MR) is 78.7 cm³/mol. The first-order valence-electron chi connectivity index (χ1n) is 6.76. The van der Waals surface area contributed by atoms with Crippen LogP contribution in [0.15, 0.2) is 30.5 Å². The molecular formula is C16H21NO3. The summed E-state index contributed by atoms with van der Waals surface area (Å²) in [6.07, 6.45) is 1.50. The molecule has 2 rings (SSSR count). The van der Waals surface area contributed by atoms with Crippen LogP contribution in [0.1, 0.15) is 27.7 Å². The smallest absolute Gasteiger partial charge is 0.316 e. The Morgan fingerprint density at radius 3 is 2.65 bits per heavy atom. The maximum atomic E-state index is 11.9. The lowest BCUT2D eigenvalue weighted by atomic mass is 9.97. The van der Waals surface area contributed by atoms with Crippen LogP contribution in [0, 0.1) is 5.41 Å². The molecular weight excluding hydrogens is 254 g/mol. The van der Waals surface area contributed by atoms with Crippen LogP contribution >= 0.6 is 0 Å². The van der Waals surface area contributed by atoms with E-state index in [1.165, 1.54) is 0 Å². The van der Waals surface area contributed by atoms with Crippen molar-refractivity contribution in [3.8, 4) is 5.75 Å². The number of ether oxygens (including phenoxy) is 1. The Morgan fingerprint density at radius 2 is 2.05 bits per heavy atom. The Labute approximate surface area is 119 Å². The molecule has 1 aromatic carbocycles. The minimum absolute atomic E-state index is 0.259. The van der Waals surface area contributed by atoms with Gasteiger partial charge in [0.25, 0.3) is 0 Å². The number of aromatic nitrogens is 1. The summed E-state index contributed by atoms with van der Waals surface area (Å²) in [5.74, 6) is 0.272. The predicted octanol–water partition coefficient (Wildman–Crippen LogP) is 2.97. The highest BCUT2D eigenvalue weighted by Crippen LogP contribution is 2.25. The van der Waals surface area contributed by atoms with Gasteiger partial charge in [-0.1, -0.05) is 0 Å². The Hall–Kier alpha value is -1.81. The van der Waals surface area contributed by atoms with Crippen LogP contribution in [0.2, 0.25) is 0 Å². The quantitative estimate of drug-likeness (QED) is 0.692. The van der Waals surface area contributed by atoms with Crippen LogP contribution in [0.4, 0.5) is 0 Å². The maximum absolute atomic E-state index is 11.9. The molecule has 0 bridgehead atoms. The number of nitrogens with zero attached hydrogens (tertiary/aromatic N) is 1. The third-order valence-electron chi connectivity index (χ3n) is 3.03. The zero-order valence-electron chi connectivity index (χ0n) is 12.4. The van der Waals surface area contributed by atoms with Gasteiger partial charge in [-0.2, -0.15) is 0 Å². The van der Waals surface area contributed by atoms with Gasteiger partial charge in [-0.3, -0.25) is 4.79 Å². The summed E-state index contributed by atoms with van der Waals surface area (Å²) in [4.78, 5) is 11.9. The normalized spacial score (nSPS) is 13.4. The third kappa shape index (κ3) is 3.20. The largest absolute Gasteiger partial charge is 0.426 e. The summed E-state index contributed by atoms with van der Waals surface area (Å²) in [7, 11) is 0. The lowest BCUT2D eigenvalue weighted by molar-refractivity contribution is -0.142. The van der Waals surface area contributed by atoms with E-state index < -0.39 is 11.5 Å². The number of esters is 1. The number of rotatable bonds is 3. The van der Waals surface area contributed by atoms with Gasteiger partial charge in [-0.25, -0.2) is 0 Å². The number of hydrogen-bond acceptors (Lipinski definition) is 3. The van der Waals surface area contributed by atoms with E-state index in [-0.39, 0.29) is 5.97 Å². The van der Waals surface area contributed by atoms with Crippen LogP contribution in [-0.2, 0) is 11.3 Å². The Bertz CT molecular complexity index is 620. The van der Waals surface area contributed by atoms with Crippen molar-refractivity contribution in [2.45, 2.75) is 40.3 Å². The number of benzene rings is 1. The van der Waals surface area contributed by atoms with Gasteiger partial charge in [0, 0.05) is 18.8 Å². The summed E-state index contributed by atoms with van der Waals surface area (Å²) < 4.78 is 7.35. The first-order valence-corrected chi connectivity index (χ1v) is 6.76. The second kappa shape index (κ2) is 5.29. The monoisotopic (exact) mass is 275 g/mol. The van der Waals surface area contributed by atoms with Crippen LogP contribution in [0.5, 0.6) is 5.75 Å². The number of aliphatic hydroxyl groups excluding tert-OH is 1. The first kappa shape index (κ1) is 14.6.